The van der Waals surface area contributed by atoms with Crippen molar-refractivity contribution in [3.8, 4) is 0 Å². The van der Waals surface area contributed by atoms with Crippen molar-refractivity contribution in [1.29, 1.82) is 0 Å². The van der Waals surface area contributed by atoms with Crippen LogP contribution >= 0.6 is 0 Å². The van der Waals surface area contributed by atoms with E-state index in [0.29, 0.717) is 31.6 Å². The number of hydrogen-bond acceptors (Lipinski definition) is 5. The Morgan fingerprint density at radius 1 is 1.13 bits per heavy atom. The van der Waals surface area contributed by atoms with E-state index in [1.165, 1.54) is 18.5 Å². The van der Waals surface area contributed by atoms with Gasteiger partial charge in [0.1, 0.15) is 5.60 Å². The lowest BCUT2D eigenvalue weighted by Gasteiger charge is -2.34. The summed E-state index contributed by atoms with van der Waals surface area (Å²) in [5, 5.41) is 2.92. The Bertz CT molecular complexity index is 874. The van der Waals surface area contributed by atoms with Gasteiger partial charge >= 0.3 is 12.3 Å². The predicted octanol–water partition coefficient (Wildman–Crippen LogP) is 5.35. The molecular weight excluding hydrogens is 397 g/mol. The summed E-state index contributed by atoms with van der Waals surface area (Å²) in [6.07, 6.45) is -0.551. The minimum absolute atomic E-state index is 0.00261. The zero-order valence-corrected chi connectivity index (χ0v) is 17.2. The van der Waals surface area contributed by atoms with Crippen LogP contribution in [0.5, 0.6) is 0 Å². The highest BCUT2D eigenvalue weighted by Crippen LogP contribution is 2.38. The number of nitrogens with one attached hydrogen (secondary N) is 1. The fraction of sp³-hybridized carbons (Fsp3) is 0.476. The molecule has 0 unspecified atom stereocenters. The second kappa shape index (κ2) is 8.49. The maximum absolute atomic E-state index is 13.2. The number of anilines is 2. The first-order valence-electron chi connectivity index (χ1n) is 9.76. The summed E-state index contributed by atoms with van der Waals surface area (Å²) >= 11 is 0. The molecule has 162 valence electrons. The number of aromatic nitrogens is 2. The minimum atomic E-state index is -4.45. The van der Waals surface area contributed by atoms with Gasteiger partial charge in [0.2, 0.25) is 5.95 Å². The Morgan fingerprint density at radius 3 is 2.33 bits per heavy atom. The molecule has 1 amide bonds. The highest BCUT2D eigenvalue weighted by Gasteiger charge is 2.33. The highest BCUT2D eigenvalue weighted by atomic mass is 19.4. The van der Waals surface area contributed by atoms with E-state index in [4.69, 9.17) is 4.74 Å². The van der Waals surface area contributed by atoms with E-state index in [2.05, 4.69) is 15.3 Å². The average Bonchev–Trinajstić information content (AvgIpc) is 2.67. The summed E-state index contributed by atoms with van der Waals surface area (Å²) < 4.78 is 45.1. The number of piperidine rings is 1. The summed E-state index contributed by atoms with van der Waals surface area (Å²) in [5.41, 5.74) is -0.240. The number of likely N-dealkylation sites (tertiary alicyclic amines) is 1. The number of nitrogens with zero attached hydrogens (tertiary/aromatic N) is 3. The van der Waals surface area contributed by atoms with Gasteiger partial charge in [-0.3, -0.25) is 0 Å². The van der Waals surface area contributed by atoms with Gasteiger partial charge in [0.15, 0.2) is 0 Å². The summed E-state index contributed by atoms with van der Waals surface area (Å²) in [6.45, 7) is 6.38. The third kappa shape index (κ3) is 5.61. The molecule has 1 aromatic carbocycles. The van der Waals surface area contributed by atoms with E-state index in [1.54, 1.807) is 11.0 Å². The minimum Gasteiger partial charge on any atom is -0.444 e. The second-order valence-corrected chi connectivity index (χ2v) is 8.24. The molecule has 1 aliphatic rings. The van der Waals surface area contributed by atoms with Gasteiger partial charge in [0.25, 0.3) is 0 Å². The summed E-state index contributed by atoms with van der Waals surface area (Å²) in [6, 6.07) is 5.31. The monoisotopic (exact) mass is 422 g/mol. The Hall–Kier alpha value is -2.84. The molecule has 0 saturated carbocycles. The second-order valence-electron chi connectivity index (χ2n) is 8.24. The van der Waals surface area contributed by atoms with Crippen LogP contribution in [-0.4, -0.2) is 39.7 Å². The van der Waals surface area contributed by atoms with Crippen molar-refractivity contribution < 1.29 is 22.7 Å². The molecule has 0 atom stereocenters. The van der Waals surface area contributed by atoms with Crippen LogP contribution in [0.2, 0.25) is 0 Å². The van der Waals surface area contributed by atoms with Gasteiger partial charge < -0.3 is 15.0 Å². The van der Waals surface area contributed by atoms with Crippen LogP contribution in [0.4, 0.5) is 29.6 Å². The van der Waals surface area contributed by atoms with Crippen molar-refractivity contribution in [2.45, 2.75) is 51.3 Å². The zero-order chi connectivity index (χ0) is 21.9. The largest absolute Gasteiger partial charge is 0.444 e. The summed E-state index contributed by atoms with van der Waals surface area (Å²) in [4.78, 5) is 22.0. The lowest BCUT2D eigenvalue weighted by Crippen LogP contribution is -2.41. The van der Waals surface area contributed by atoms with Gasteiger partial charge in [-0.2, -0.15) is 13.2 Å². The van der Waals surface area contributed by atoms with Crippen molar-refractivity contribution in [2.75, 3.05) is 18.4 Å². The molecule has 1 N–H and O–H groups in total. The molecule has 2 heterocycles. The Balaban J connectivity index is 1.79. The quantitative estimate of drug-likeness (QED) is 0.722. The predicted molar refractivity (Wildman–Crippen MR) is 107 cm³/mol. The van der Waals surface area contributed by atoms with Crippen LogP contribution in [0.25, 0.3) is 0 Å². The van der Waals surface area contributed by atoms with E-state index in [9.17, 15) is 18.0 Å². The van der Waals surface area contributed by atoms with Crippen molar-refractivity contribution in [3.05, 3.63) is 47.8 Å². The molecule has 3 rings (SSSR count). The van der Waals surface area contributed by atoms with Crippen LogP contribution in [-0.2, 0) is 10.9 Å². The molecule has 0 radical (unpaired) electrons. The normalized spacial score (nSPS) is 15.7. The van der Waals surface area contributed by atoms with Crippen molar-refractivity contribution in [3.63, 3.8) is 0 Å². The highest BCUT2D eigenvalue weighted by molar-refractivity contribution is 5.68. The van der Waals surface area contributed by atoms with Gasteiger partial charge in [0, 0.05) is 31.2 Å². The van der Waals surface area contributed by atoms with Crippen LogP contribution in [0.15, 0.2) is 36.7 Å². The number of amides is 1. The Labute approximate surface area is 173 Å². The molecule has 0 bridgehead atoms. The molecule has 0 aliphatic carbocycles. The third-order valence-corrected chi connectivity index (χ3v) is 4.78. The van der Waals surface area contributed by atoms with Gasteiger partial charge in [-0.1, -0.05) is 6.07 Å². The lowest BCUT2D eigenvalue weighted by molar-refractivity contribution is -0.137. The summed E-state index contributed by atoms with van der Waals surface area (Å²) in [5.74, 6) is 0.224. The van der Waals surface area contributed by atoms with Gasteiger partial charge in [-0.15, -0.1) is 0 Å². The molecule has 1 saturated heterocycles. The number of benzene rings is 1. The first kappa shape index (κ1) is 21.9. The van der Waals surface area contributed by atoms with E-state index in [-0.39, 0.29) is 18.0 Å². The molecule has 1 fully saturated rings. The maximum atomic E-state index is 13.2. The first-order chi connectivity index (χ1) is 14.0. The number of alkyl halides is 3. The van der Waals surface area contributed by atoms with E-state index < -0.39 is 17.3 Å². The Kier molecular flexibility index (Phi) is 6.19. The molecule has 9 heteroatoms. The van der Waals surface area contributed by atoms with E-state index >= 15 is 0 Å². The van der Waals surface area contributed by atoms with E-state index in [0.717, 1.165) is 17.7 Å². The number of halogens is 3. The van der Waals surface area contributed by atoms with Crippen LogP contribution in [0.1, 0.15) is 50.7 Å². The average molecular weight is 422 g/mol. The van der Waals surface area contributed by atoms with E-state index in [1.807, 2.05) is 20.8 Å². The number of ether oxygens (including phenoxy) is 1. The smallest absolute Gasteiger partial charge is 0.416 e. The first-order valence-corrected chi connectivity index (χ1v) is 9.76. The van der Waals surface area contributed by atoms with Gasteiger partial charge in [-0.25, -0.2) is 14.8 Å². The zero-order valence-electron chi connectivity index (χ0n) is 17.2. The molecule has 0 spiro atoms. The fourth-order valence-corrected chi connectivity index (χ4v) is 3.38. The van der Waals surface area contributed by atoms with Gasteiger partial charge in [0.05, 0.1) is 5.56 Å². The number of hydrogen-bond donors (Lipinski definition) is 1. The van der Waals surface area contributed by atoms with Crippen molar-refractivity contribution in [1.82, 2.24) is 14.9 Å². The van der Waals surface area contributed by atoms with Crippen LogP contribution in [0.3, 0.4) is 0 Å². The molecular formula is C21H25F3N4O2. The van der Waals surface area contributed by atoms with Crippen LogP contribution < -0.4 is 5.32 Å². The number of carbonyl (C=O) groups excluding carboxylic acids is 1. The number of rotatable bonds is 3. The lowest BCUT2D eigenvalue weighted by atomic mass is 9.87. The third-order valence-electron chi connectivity index (χ3n) is 4.78. The molecule has 1 aliphatic heterocycles. The van der Waals surface area contributed by atoms with Crippen molar-refractivity contribution >= 4 is 17.7 Å². The van der Waals surface area contributed by atoms with Crippen LogP contribution in [0, 0.1) is 0 Å². The van der Waals surface area contributed by atoms with Gasteiger partial charge in [-0.05, 0) is 63.3 Å². The number of carbonyl (C=O) groups is 1. The topological polar surface area (TPSA) is 67.3 Å². The SMILES string of the molecule is CC(C)(C)OC(=O)N1CCC(c2ccc(C(F)(F)F)cc2Nc2ncccn2)CC1. The summed E-state index contributed by atoms with van der Waals surface area (Å²) in [7, 11) is 0. The Morgan fingerprint density at radius 2 is 1.77 bits per heavy atom. The van der Waals surface area contributed by atoms with Crippen molar-refractivity contribution in [2.24, 2.45) is 0 Å². The maximum Gasteiger partial charge on any atom is 0.416 e. The molecule has 30 heavy (non-hydrogen) atoms. The molecule has 2 aromatic rings. The molecule has 6 nitrogen and oxygen atoms in total. The fourth-order valence-electron chi connectivity index (χ4n) is 3.38. The standard InChI is InChI=1S/C21H25F3N4O2/c1-20(2,3)30-19(29)28-11-7-14(8-12-28)16-6-5-15(21(22,23)24)13-17(16)27-18-25-9-4-10-26-18/h4-6,9-10,13-14H,7-8,11-12H2,1-3H3,(H,25,26,27). The molecule has 1 aromatic heterocycles.